The van der Waals surface area contributed by atoms with Crippen molar-refractivity contribution in [2.45, 2.75) is 6.92 Å². The Morgan fingerprint density at radius 3 is 3.00 bits per heavy atom. The van der Waals surface area contributed by atoms with Gasteiger partial charge in [0.1, 0.15) is 6.20 Å². The van der Waals surface area contributed by atoms with E-state index in [1.807, 2.05) is 0 Å². The zero-order chi connectivity index (χ0) is 7.56. The molecule has 0 spiro atoms. The number of hydrogen-bond acceptors (Lipinski definition) is 5. The van der Waals surface area contributed by atoms with Gasteiger partial charge in [0.2, 0.25) is 0 Å². The van der Waals surface area contributed by atoms with E-state index >= 15 is 0 Å². The van der Waals surface area contributed by atoms with Crippen LogP contribution in [0.4, 0.5) is 0 Å². The van der Waals surface area contributed by atoms with Crippen LogP contribution in [-0.4, -0.2) is 20.2 Å². The van der Waals surface area contributed by atoms with Crippen molar-refractivity contribution in [2.24, 2.45) is 0 Å². The minimum absolute atomic E-state index is 0.469. The molecule has 0 radical (unpaired) electrons. The van der Waals surface area contributed by atoms with Crippen molar-refractivity contribution in [1.29, 1.82) is 0 Å². The van der Waals surface area contributed by atoms with Crippen molar-refractivity contribution >= 4 is 0 Å². The fraction of sp³-hybridized carbons (Fsp3) is 0.333. The van der Waals surface area contributed by atoms with Crippen molar-refractivity contribution in [1.82, 2.24) is 15.2 Å². The van der Waals surface area contributed by atoms with E-state index in [1.54, 1.807) is 6.92 Å². The van der Waals surface area contributed by atoms with Gasteiger partial charge < -0.3 is 0 Å². The molecule has 0 fully saturated rings. The van der Waals surface area contributed by atoms with E-state index in [0.717, 1.165) is 4.85 Å². The third-order valence-electron chi connectivity index (χ3n) is 0.823. The van der Waals surface area contributed by atoms with Gasteiger partial charge in [-0.25, -0.2) is 10.1 Å². The summed E-state index contributed by atoms with van der Waals surface area (Å²) in [6.45, 7) is 1.59. The van der Waals surface area contributed by atoms with Gasteiger partial charge in [-0.1, -0.05) is 0 Å². The van der Waals surface area contributed by atoms with Gasteiger partial charge in [0.05, 0.1) is 5.21 Å². The monoisotopic (exact) mass is 144 g/mol. The molecular formula is C3H4N4O3. The van der Waals surface area contributed by atoms with Gasteiger partial charge in [0, 0.05) is 11.8 Å². The van der Waals surface area contributed by atoms with Gasteiger partial charge in [-0.3, -0.25) is 0 Å². The summed E-state index contributed by atoms with van der Waals surface area (Å²) in [6.07, 6.45) is 1.35. The third kappa shape index (κ3) is 1.19. The molecule has 1 rings (SSSR count). The molecule has 54 valence electrons. The van der Waals surface area contributed by atoms with Crippen molar-refractivity contribution in [3.63, 3.8) is 0 Å². The number of rotatable bonds is 2. The predicted octanol–water partition coefficient (Wildman–Crippen LogP) is -0.793. The summed E-state index contributed by atoms with van der Waals surface area (Å²) in [7, 11) is 0. The largest absolute Gasteiger partial charge is 0.218 e. The fourth-order valence-electron chi connectivity index (χ4n) is 0.420. The van der Waals surface area contributed by atoms with Gasteiger partial charge in [-0.2, -0.15) is 4.94 Å². The highest BCUT2D eigenvalue weighted by atomic mass is 17.0. The van der Waals surface area contributed by atoms with Crippen LogP contribution in [0.3, 0.4) is 0 Å². The number of hydrogen-bond donors (Lipinski definition) is 0. The lowest BCUT2D eigenvalue weighted by Gasteiger charge is -1.93. The molecule has 0 unspecified atom stereocenters. The fourth-order valence-corrected chi connectivity index (χ4v) is 0.420. The van der Waals surface area contributed by atoms with E-state index in [0.29, 0.717) is 5.69 Å². The molecular weight excluding hydrogens is 140 g/mol. The number of aromatic nitrogens is 3. The topological polar surface area (TPSA) is 83.1 Å². The van der Waals surface area contributed by atoms with Gasteiger partial charge in [0.25, 0.3) is 0 Å². The second-order valence-corrected chi connectivity index (χ2v) is 1.55. The van der Waals surface area contributed by atoms with Crippen molar-refractivity contribution < 1.29 is 10.0 Å². The van der Waals surface area contributed by atoms with E-state index in [4.69, 9.17) is 0 Å². The maximum Gasteiger partial charge on any atom is 0.180 e. The van der Waals surface area contributed by atoms with Gasteiger partial charge in [-0.15, -0.1) is 5.10 Å². The number of nitrogens with zero attached hydrogens (tertiary/aromatic N) is 4. The average Bonchev–Trinajstić information content (AvgIpc) is 2.15. The van der Waals surface area contributed by atoms with Crippen LogP contribution in [0, 0.1) is 17.0 Å². The summed E-state index contributed by atoms with van der Waals surface area (Å²) in [5.41, 5.74) is 0.469. The molecule has 0 aromatic carbocycles. The van der Waals surface area contributed by atoms with E-state index in [-0.39, 0.29) is 0 Å². The molecule has 0 aliphatic carbocycles. The Kier molecular flexibility index (Phi) is 1.48. The van der Waals surface area contributed by atoms with Crippen LogP contribution >= 0.6 is 0 Å². The predicted molar refractivity (Wildman–Crippen MR) is 28.3 cm³/mol. The molecule has 7 heteroatoms. The lowest BCUT2D eigenvalue weighted by atomic mass is 10.6. The highest BCUT2D eigenvalue weighted by molar-refractivity contribution is 4.85. The van der Waals surface area contributed by atoms with Crippen molar-refractivity contribution in [3.05, 3.63) is 22.0 Å². The van der Waals surface area contributed by atoms with Crippen LogP contribution in [-0.2, 0) is 0 Å². The Hall–Kier alpha value is -1.66. The first kappa shape index (κ1) is 6.46. The minimum Gasteiger partial charge on any atom is -0.218 e. The first-order valence-electron chi connectivity index (χ1n) is 2.40. The van der Waals surface area contributed by atoms with Gasteiger partial charge in [0.15, 0.2) is 10.8 Å². The first-order valence-corrected chi connectivity index (χ1v) is 2.40. The van der Waals surface area contributed by atoms with Crippen LogP contribution in [0.2, 0.25) is 0 Å². The zero-order valence-electron chi connectivity index (χ0n) is 5.09. The lowest BCUT2D eigenvalue weighted by Crippen LogP contribution is -2.20. The maximum absolute atomic E-state index is 9.71. The summed E-state index contributed by atoms with van der Waals surface area (Å²) in [5.74, 6) is 0. The van der Waals surface area contributed by atoms with E-state index < -0.39 is 5.09 Å². The van der Waals surface area contributed by atoms with Crippen LogP contribution < -0.4 is 4.94 Å². The standard InChI is InChI=1S/C3H4N4O3/c1-3-2-4-5-6(3)10-7(8)9/h2H,1H3. The maximum atomic E-state index is 9.71. The van der Waals surface area contributed by atoms with Crippen LogP contribution in [0.15, 0.2) is 6.20 Å². The molecule has 0 aliphatic rings. The molecule has 0 saturated heterocycles. The third-order valence-corrected chi connectivity index (χ3v) is 0.823. The molecule has 7 nitrogen and oxygen atoms in total. The lowest BCUT2D eigenvalue weighted by molar-refractivity contribution is -0.752. The Morgan fingerprint density at radius 2 is 2.60 bits per heavy atom. The first-order chi connectivity index (χ1) is 4.70. The van der Waals surface area contributed by atoms with Crippen LogP contribution in [0.1, 0.15) is 5.69 Å². The summed E-state index contributed by atoms with van der Waals surface area (Å²) >= 11 is 0. The average molecular weight is 144 g/mol. The molecule has 0 aliphatic heterocycles. The molecule has 1 heterocycles. The second kappa shape index (κ2) is 2.29. The smallest absolute Gasteiger partial charge is 0.180 e. The minimum atomic E-state index is -0.957. The van der Waals surface area contributed by atoms with Gasteiger partial charge >= 0.3 is 0 Å². The van der Waals surface area contributed by atoms with Crippen LogP contribution in [0.25, 0.3) is 0 Å². The second-order valence-electron chi connectivity index (χ2n) is 1.55. The molecule has 0 atom stereocenters. The summed E-state index contributed by atoms with van der Waals surface area (Å²) < 4.78 is 0. The van der Waals surface area contributed by atoms with Crippen molar-refractivity contribution in [2.75, 3.05) is 0 Å². The molecule has 0 saturated carbocycles. The zero-order valence-corrected chi connectivity index (χ0v) is 5.09. The van der Waals surface area contributed by atoms with E-state index in [2.05, 4.69) is 15.3 Å². The summed E-state index contributed by atoms with van der Waals surface area (Å²) in [4.78, 5) is 14.4. The molecule has 1 aromatic heterocycles. The van der Waals surface area contributed by atoms with E-state index in [9.17, 15) is 10.1 Å². The number of aryl methyl sites for hydroxylation is 1. The van der Waals surface area contributed by atoms with Crippen LogP contribution in [0.5, 0.6) is 0 Å². The Bertz CT molecular complexity index is 244. The Balaban J connectivity index is 2.74. The summed E-state index contributed by atoms with van der Waals surface area (Å²) in [6, 6.07) is 0. The quantitative estimate of drug-likeness (QED) is 0.401. The Labute approximate surface area is 55.3 Å². The van der Waals surface area contributed by atoms with Crippen molar-refractivity contribution in [3.8, 4) is 0 Å². The van der Waals surface area contributed by atoms with Gasteiger partial charge in [-0.05, 0) is 0 Å². The molecule has 0 amide bonds. The van der Waals surface area contributed by atoms with E-state index in [1.165, 1.54) is 6.20 Å². The molecule has 0 N–H and O–H groups in total. The molecule has 1 aromatic rings. The highest BCUT2D eigenvalue weighted by Crippen LogP contribution is 1.87. The highest BCUT2D eigenvalue weighted by Gasteiger charge is 2.04. The Morgan fingerprint density at radius 1 is 1.90 bits per heavy atom. The summed E-state index contributed by atoms with van der Waals surface area (Å²) in [5, 5.41) is 15.4. The SMILES string of the molecule is Cc1cnnn1O[N+](=O)[O-]. The normalized spacial score (nSPS) is 9.30. The molecule has 0 bridgehead atoms. The molecule has 10 heavy (non-hydrogen) atoms.